The number of ether oxygens (including phenoxy) is 2. The maximum Gasteiger partial charge on any atom is 0.0802 e. The zero-order valence-electron chi connectivity index (χ0n) is 9.77. The van der Waals surface area contributed by atoms with Crippen LogP contribution in [0.4, 0.5) is 0 Å². The van der Waals surface area contributed by atoms with Crippen molar-refractivity contribution in [1.82, 2.24) is 0 Å². The molecule has 0 bridgehead atoms. The number of methoxy groups -OCH3 is 1. The summed E-state index contributed by atoms with van der Waals surface area (Å²) in [4.78, 5) is 0. The third-order valence-corrected chi connectivity index (χ3v) is 2.59. The van der Waals surface area contributed by atoms with Crippen molar-refractivity contribution in [2.24, 2.45) is 0 Å². The van der Waals surface area contributed by atoms with Gasteiger partial charge in [0.25, 0.3) is 0 Å². The standard InChI is InChI=1S/C13H20O2/c1-4-13(14-3)10-15-11(2)12-8-6-5-7-9-12/h5-9,11,13H,4,10H2,1-3H3. The van der Waals surface area contributed by atoms with E-state index in [1.54, 1.807) is 7.11 Å². The normalized spacial score (nSPS) is 14.9. The second kappa shape index (κ2) is 6.59. The monoisotopic (exact) mass is 208 g/mol. The van der Waals surface area contributed by atoms with Crippen molar-refractivity contribution >= 4 is 0 Å². The molecule has 1 aromatic carbocycles. The number of hydrogen-bond donors (Lipinski definition) is 0. The van der Waals surface area contributed by atoms with Gasteiger partial charge in [0, 0.05) is 7.11 Å². The van der Waals surface area contributed by atoms with Gasteiger partial charge in [-0.25, -0.2) is 0 Å². The molecule has 84 valence electrons. The van der Waals surface area contributed by atoms with Gasteiger partial charge in [-0.1, -0.05) is 37.3 Å². The molecule has 0 aliphatic rings. The third-order valence-electron chi connectivity index (χ3n) is 2.59. The molecule has 0 spiro atoms. The molecule has 1 rings (SSSR count). The second-order valence-corrected chi connectivity index (χ2v) is 3.65. The van der Waals surface area contributed by atoms with Gasteiger partial charge in [0.2, 0.25) is 0 Å². The van der Waals surface area contributed by atoms with Crippen LogP contribution in [0.2, 0.25) is 0 Å². The molecule has 0 aliphatic carbocycles. The molecule has 0 N–H and O–H groups in total. The predicted octanol–water partition coefficient (Wildman–Crippen LogP) is 3.19. The fourth-order valence-electron chi connectivity index (χ4n) is 1.42. The lowest BCUT2D eigenvalue weighted by atomic mass is 10.1. The summed E-state index contributed by atoms with van der Waals surface area (Å²) in [7, 11) is 1.73. The van der Waals surface area contributed by atoms with Crippen molar-refractivity contribution in [3.05, 3.63) is 35.9 Å². The first-order valence-corrected chi connectivity index (χ1v) is 5.47. The van der Waals surface area contributed by atoms with E-state index in [4.69, 9.17) is 9.47 Å². The Bertz CT molecular complexity index is 254. The van der Waals surface area contributed by atoms with Crippen LogP contribution in [0.15, 0.2) is 30.3 Å². The van der Waals surface area contributed by atoms with Crippen LogP contribution in [-0.4, -0.2) is 19.8 Å². The van der Waals surface area contributed by atoms with Crippen LogP contribution in [0.1, 0.15) is 31.9 Å². The Kier molecular flexibility index (Phi) is 5.37. The lowest BCUT2D eigenvalue weighted by Gasteiger charge is -2.18. The van der Waals surface area contributed by atoms with E-state index in [1.807, 2.05) is 18.2 Å². The van der Waals surface area contributed by atoms with Crippen molar-refractivity contribution in [3.8, 4) is 0 Å². The molecule has 0 aromatic heterocycles. The van der Waals surface area contributed by atoms with E-state index in [9.17, 15) is 0 Å². The van der Waals surface area contributed by atoms with E-state index >= 15 is 0 Å². The Morgan fingerprint density at radius 3 is 2.40 bits per heavy atom. The van der Waals surface area contributed by atoms with Gasteiger partial charge < -0.3 is 9.47 Å². The summed E-state index contributed by atoms with van der Waals surface area (Å²) in [5.41, 5.74) is 1.21. The van der Waals surface area contributed by atoms with Crippen LogP contribution in [0.5, 0.6) is 0 Å². The summed E-state index contributed by atoms with van der Waals surface area (Å²) in [6.07, 6.45) is 1.32. The van der Waals surface area contributed by atoms with E-state index in [-0.39, 0.29) is 12.2 Å². The first kappa shape index (κ1) is 12.2. The Morgan fingerprint density at radius 1 is 1.20 bits per heavy atom. The van der Waals surface area contributed by atoms with Gasteiger partial charge in [0.1, 0.15) is 0 Å². The summed E-state index contributed by atoms with van der Waals surface area (Å²) >= 11 is 0. The van der Waals surface area contributed by atoms with Crippen LogP contribution in [0.25, 0.3) is 0 Å². The highest BCUT2D eigenvalue weighted by atomic mass is 16.5. The Hall–Kier alpha value is -0.860. The minimum absolute atomic E-state index is 0.135. The summed E-state index contributed by atoms with van der Waals surface area (Å²) in [6.45, 7) is 4.82. The average Bonchev–Trinajstić information content (AvgIpc) is 2.31. The molecule has 0 heterocycles. The summed E-state index contributed by atoms with van der Waals surface area (Å²) < 4.78 is 11.0. The summed E-state index contributed by atoms with van der Waals surface area (Å²) in [5, 5.41) is 0. The van der Waals surface area contributed by atoms with Crippen molar-refractivity contribution < 1.29 is 9.47 Å². The summed E-state index contributed by atoms with van der Waals surface area (Å²) in [6, 6.07) is 10.2. The van der Waals surface area contributed by atoms with E-state index in [0.29, 0.717) is 6.61 Å². The highest BCUT2D eigenvalue weighted by Crippen LogP contribution is 2.16. The molecule has 0 saturated heterocycles. The van der Waals surface area contributed by atoms with Gasteiger partial charge in [-0.15, -0.1) is 0 Å². The minimum Gasteiger partial charge on any atom is -0.379 e. The average molecular weight is 208 g/mol. The largest absolute Gasteiger partial charge is 0.379 e. The molecule has 15 heavy (non-hydrogen) atoms. The van der Waals surface area contributed by atoms with Gasteiger partial charge in [-0.3, -0.25) is 0 Å². The lowest BCUT2D eigenvalue weighted by Crippen LogP contribution is -2.18. The first-order chi connectivity index (χ1) is 7.27. The zero-order chi connectivity index (χ0) is 11.1. The van der Waals surface area contributed by atoms with Crippen molar-refractivity contribution in [1.29, 1.82) is 0 Å². The molecule has 0 aliphatic heterocycles. The zero-order valence-corrected chi connectivity index (χ0v) is 9.77. The fourth-order valence-corrected chi connectivity index (χ4v) is 1.42. The molecular formula is C13H20O2. The SMILES string of the molecule is CCC(COC(C)c1ccccc1)OC. The first-order valence-electron chi connectivity index (χ1n) is 5.47. The second-order valence-electron chi connectivity index (χ2n) is 3.65. The quantitative estimate of drug-likeness (QED) is 0.714. The molecule has 0 fully saturated rings. The predicted molar refractivity (Wildman–Crippen MR) is 61.9 cm³/mol. The van der Waals surface area contributed by atoms with Crippen LogP contribution in [-0.2, 0) is 9.47 Å². The maximum atomic E-state index is 5.75. The third kappa shape index (κ3) is 4.02. The van der Waals surface area contributed by atoms with Crippen LogP contribution in [0, 0.1) is 0 Å². The van der Waals surface area contributed by atoms with Crippen molar-refractivity contribution in [2.45, 2.75) is 32.5 Å². The molecule has 0 saturated carbocycles. The smallest absolute Gasteiger partial charge is 0.0802 e. The number of rotatable bonds is 6. The Labute approximate surface area is 92.2 Å². The molecule has 0 radical (unpaired) electrons. The van der Waals surface area contributed by atoms with E-state index in [0.717, 1.165) is 6.42 Å². The van der Waals surface area contributed by atoms with Crippen LogP contribution in [0.3, 0.4) is 0 Å². The topological polar surface area (TPSA) is 18.5 Å². The minimum atomic E-state index is 0.135. The highest BCUT2D eigenvalue weighted by molar-refractivity contribution is 5.16. The number of hydrogen-bond acceptors (Lipinski definition) is 2. The van der Waals surface area contributed by atoms with Gasteiger partial charge in [-0.05, 0) is 18.9 Å². The van der Waals surface area contributed by atoms with Gasteiger partial charge in [-0.2, -0.15) is 0 Å². The van der Waals surface area contributed by atoms with Crippen molar-refractivity contribution in [3.63, 3.8) is 0 Å². The fraction of sp³-hybridized carbons (Fsp3) is 0.538. The van der Waals surface area contributed by atoms with Gasteiger partial charge in [0.15, 0.2) is 0 Å². The van der Waals surface area contributed by atoms with Crippen LogP contribution < -0.4 is 0 Å². The van der Waals surface area contributed by atoms with Crippen molar-refractivity contribution in [2.75, 3.05) is 13.7 Å². The molecule has 2 atom stereocenters. The summed E-state index contributed by atoms with van der Waals surface area (Å²) in [5.74, 6) is 0. The molecule has 2 nitrogen and oxygen atoms in total. The van der Waals surface area contributed by atoms with E-state index in [1.165, 1.54) is 5.56 Å². The van der Waals surface area contributed by atoms with Gasteiger partial charge >= 0.3 is 0 Å². The Morgan fingerprint density at radius 2 is 1.87 bits per heavy atom. The molecule has 0 amide bonds. The van der Waals surface area contributed by atoms with E-state index < -0.39 is 0 Å². The molecular weight excluding hydrogens is 188 g/mol. The van der Waals surface area contributed by atoms with E-state index in [2.05, 4.69) is 26.0 Å². The highest BCUT2D eigenvalue weighted by Gasteiger charge is 2.09. The van der Waals surface area contributed by atoms with Gasteiger partial charge in [0.05, 0.1) is 18.8 Å². The number of benzene rings is 1. The Balaban J connectivity index is 2.39. The lowest BCUT2D eigenvalue weighted by molar-refractivity contribution is -0.0233. The molecule has 1 aromatic rings. The molecule has 2 heteroatoms. The maximum absolute atomic E-state index is 5.75. The molecule has 2 unspecified atom stereocenters. The van der Waals surface area contributed by atoms with Crippen LogP contribution >= 0.6 is 0 Å².